The first-order valence-electron chi connectivity index (χ1n) is 4.89. The largest absolute Gasteiger partial charge is 0.462 e. The molecule has 1 heterocycles. The Morgan fingerprint density at radius 2 is 2.29 bits per heavy atom. The van der Waals surface area contributed by atoms with E-state index in [4.69, 9.17) is 10.00 Å². The molecule has 1 aromatic heterocycles. The normalized spacial score (nSPS) is 9.47. The highest BCUT2D eigenvalue weighted by Crippen LogP contribution is 2.23. The van der Waals surface area contributed by atoms with Crippen LogP contribution in [0.3, 0.4) is 0 Å². The van der Waals surface area contributed by atoms with Gasteiger partial charge in [-0.15, -0.1) is 0 Å². The summed E-state index contributed by atoms with van der Waals surface area (Å²) in [5, 5.41) is 11.1. The van der Waals surface area contributed by atoms with Crippen molar-refractivity contribution in [2.45, 2.75) is 20.3 Å². The highest BCUT2D eigenvalue weighted by molar-refractivity contribution is 7.17. The number of carbonyl (C=O) groups is 2. The van der Waals surface area contributed by atoms with Gasteiger partial charge in [0.25, 0.3) is 0 Å². The van der Waals surface area contributed by atoms with Crippen molar-refractivity contribution in [2.24, 2.45) is 0 Å². The van der Waals surface area contributed by atoms with Crippen LogP contribution in [0, 0.1) is 18.3 Å². The topological polar surface area (TPSA) is 92.1 Å². The standard InChI is InChI=1S/C10H11N3O3S/c1-3-16-9(15)8-6(2)12-10(17-8)13-7(14)4-5-11/h3-4H2,1-2H3,(H,12,13,14). The predicted octanol–water partition coefficient (Wildman–Crippen LogP) is 1.48. The molecule has 0 aromatic carbocycles. The summed E-state index contributed by atoms with van der Waals surface area (Å²) in [6, 6.07) is 1.73. The number of hydrogen-bond acceptors (Lipinski definition) is 6. The van der Waals surface area contributed by atoms with E-state index in [9.17, 15) is 9.59 Å². The lowest BCUT2D eigenvalue weighted by Crippen LogP contribution is -2.09. The van der Waals surface area contributed by atoms with Gasteiger partial charge in [-0.1, -0.05) is 11.3 Å². The van der Waals surface area contributed by atoms with Crippen molar-refractivity contribution < 1.29 is 14.3 Å². The van der Waals surface area contributed by atoms with Crippen LogP contribution in [-0.4, -0.2) is 23.5 Å². The zero-order valence-electron chi connectivity index (χ0n) is 9.44. The number of nitrogens with zero attached hydrogens (tertiary/aromatic N) is 2. The summed E-state index contributed by atoms with van der Waals surface area (Å²) in [4.78, 5) is 27.0. The fraction of sp³-hybridized carbons (Fsp3) is 0.400. The molecule has 0 radical (unpaired) electrons. The third-order valence-electron chi connectivity index (χ3n) is 1.74. The van der Waals surface area contributed by atoms with Crippen LogP contribution < -0.4 is 5.32 Å². The second kappa shape index (κ2) is 5.96. The van der Waals surface area contributed by atoms with Crippen LogP contribution in [0.1, 0.15) is 28.7 Å². The average molecular weight is 253 g/mol. The fourth-order valence-electron chi connectivity index (χ4n) is 1.07. The summed E-state index contributed by atoms with van der Waals surface area (Å²) in [5.74, 6) is -0.903. The molecule has 0 atom stereocenters. The molecule has 1 N–H and O–H groups in total. The molecular weight excluding hydrogens is 242 g/mol. The molecule has 0 saturated carbocycles. The molecule has 0 saturated heterocycles. The van der Waals surface area contributed by atoms with Crippen molar-refractivity contribution in [1.82, 2.24) is 4.98 Å². The van der Waals surface area contributed by atoms with E-state index in [-0.39, 0.29) is 13.0 Å². The SMILES string of the molecule is CCOC(=O)c1sc(NC(=O)CC#N)nc1C. The quantitative estimate of drug-likeness (QED) is 0.820. The molecule has 90 valence electrons. The predicted molar refractivity (Wildman–Crippen MR) is 61.7 cm³/mol. The molecule has 0 unspecified atom stereocenters. The number of esters is 1. The number of hydrogen-bond donors (Lipinski definition) is 1. The molecule has 1 rings (SSSR count). The molecule has 0 bridgehead atoms. The summed E-state index contributed by atoms with van der Waals surface area (Å²) < 4.78 is 4.84. The van der Waals surface area contributed by atoms with Gasteiger partial charge in [0.05, 0.1) is 18.4 Å². The minimum absolute atomic E-state index is 0.243. The second-order valence-corrected chi connectivity index (χ2v) is 4.04. The number of aryl methyl sites for hydroxylation is 1. The summed E-state index contributed by atoms with van der Waals surface area (Å²) in [6.07, 6.45) is -0.243. The molecule has 0 aliphatic heterocycles. The van der Waals surface area contributed by atoms with Crippen LogP contribution in [-0.2, 0) is 9.53 Å². The molecule has 0 aliphatic carbocycles. The Kier molecular flexibility index (Phi) is 4.60. The Morgan fingerprint density at radius 1 is 1.59 bits per heavy atom. The first-order valence-corrected chi connectivity index (χ1v) is 5.71. The lowest BCUT2D eigenvalue weighted by molar-refractivity contribution is -0.115. The van der Waals surface area contributed by atoms with Crippen molar-refractivity contribution in [2.75, 3.05) is 11.9 Å². The molecule has 1 amide bonds. The van der Waals surface area contributed by atoms with E-state index in [0.717, 1.165) is 11.3 Å². The number of thiazole rings is 1. The van der Waals surface area contributed by atoms with Crippen LogP contribution in [0.5, 0.6) is 0 Å². The third kappa shape index (κ3) is 3.53. The van der Waals surface area contributed by atoms with Crippen LogP contribution in [0.25, 0.3) is 0 Å². The Morgan fingerprint density at radius 3 is 2.88 bits per heavy atom. The van der Waals surface area contributed by atoms with Crippen LogP contribution >= 0.6 is 11.3 Å². The number of aromatic nitrogens is 1. The van der Waals surface area contributed by atoms with Crippen molar-refractivity contribution in [3.05, 3.63) is 10.6 Å². The maximum atomic E-state index is 11.5. The molecule has 17 heavy (non-hydrogen) atoms. The van der Waals surface area contributed by atoms with Gasteiger partial charge in [0.2, 0.25) is 5.91 Å². The Hall–Kier alpha value is -1.94. The van der Waals surface area contributed by atoms with E-state index in [1.165, 1.54) is 0 Å². The number of anilines is 1. The maximum Gasteiger partial charge on any atom is 0.350 e. The monoisotopic (exact) mass is 253 g/mol. The van der Waals surface area contributed by atoms with Crippen LogP contribution in [0.15, 0.2) is 0 Å². The van der Waals surface area contributed by atoms with Crippen molar-refractivity contribution in [3.8, 4) is 6.07 Å². The number of amides is 1. The molecule has 7 heteroatoms. The van der Waals surface area contributed by atoms with E-state index in [0.29, 0.717) is 15.7 Å². The number of carbonyl (C=O) groups excluding carboxylic acids is 2. The van der Waals surface area contributed by atoms with E-state index in [1.54, 1.807) is 19.9 Å². The van der Waals surface area contributed by atoms with Gasteiger partial charge in [-0.3, -0.25) is 4.79 Å². The van der Waals surface area contributed by atoms with E-state index in [2.05, 4.69) is 10.3 Å². The van der Waals surface area contributed by atoms with E-state index in [1.807, 2.05) is 0 Å². The summed E-state index contributed by atoms with van der Waals surface area (Å²) >= 11 is 1.03. The van der Waals surface area contributed by atoms with Crippen molar-refractivity contribution >= 4 is 28.3 Å². The fourth-order valence-corrected chi connectivity index (χ4v) is 1.95. The zero-order valence-corrected chi connectivity index (χ0v) is 10.3. The molecule has 6 nitrogen and oxygen atoms in total. The summed E-state index contributed by atoms with van der Waals surface area (Å²) in [7, 11) is 0. The van der Waals surface area contributed by atoms with E-state index < -0.39 is 11.9 Å². The lowest BCUT2D eigenvalue weighted by Gasteiger charge is -1.97. The molecule has 1 aromatic rings. The van der Waals surface area contributed by atoms with Gasteiger partial charge in [0, 0.05) is 0 Å². The minimum atomic E-state index is -0.455. The first kappa shape index (κ1) is 13.1. The molecule has 0 spiro atoms. The van der Waals surface area contributed by atoms with Gasteiger partial charge in [0.1, 0.15) is 11.3 Å². The zero-order chi connectivity index (χ0) is 12.8. The highest BCUT2D eigenvalue weighted by atomic mass is 32.1. The average Bonchev–Trinajstić information content (AvgIpc) is 2.60. The number of nitriles is 1. The smallest absolute Gasteiger partial charge is 0.350 e. The Labute approximate surface area is 102 Å². The molecule has 0 fully saturated rings. The Bertz CT molecular complexity index is 476. The van der Waals surface area contributed by atoms with Gasteiger partial charge in [-0.05, 0) is 13.8 Å². The second-order valence-electron chi connectivity index (χ2n) is 3.04. The van der Waals surface area contributed by atoms with Crippen molar-refractivity contribution in [1.29, 1.82) is 5.26 Å². The van der Waals surface area contributed by atoms with Crippen LogP contribution in [0.2, 0.25) is 0 Å². The maximum absolute atomic E-state index is 11.5. The molecular formula is C10H11N3O3S. The summed E-state index contributed by atoms with van der Waals surface area (Å²) in [5.41, 5.74) is 0.501. The van der Waals surface area contributed by atoms with Crippen LogP contribution in [0.4, 0.5) is 5.13 Å². The van der Waals surface area contributed by atoms with Gasteiger partial charge >= 0.3 is 5.97 Å². The molecule has 0 aliphatic rings. The Balaban J connectivity index is 2.78. The highest BCUT2D eigenvalue weighted by Gasteiger charge is 2.17. The number of rotatable bonds is 4. The van der Waals surface area contributed by atoms with Gasteiger partial charge < -0.3 is 10.1 Å². The van der Waals surface area contributed by atoms with Gasteiger partial charge in [0.15, 0.2) is 5.13 Å². The first-order chi connectivity index (χ1) is 8.08. The minimum Gasteiger partial charge on any atom is -0.462 e. The lowest BCUT2D eigenvalue weighted by atomic mass is 10.4. The van der Waals surface area contributed by atoms with Crippen molar-refractivity contribution in [3.63, 3.8) is 0 Å². The number of ether oxygens (including phenoxy) is 1. The van der Waals surface area contributed by atoms with E-state index >= 15 is 0 Å². The summed E-state index contributed by atoms with van der Waals surface area (Å²) in [6.45, 7) is 3.65. The van der Waals surface area contributed by atoms with Gasteiger partial charge in [-0.2, -0.15) is 5.26 Å². The number of nitrogens with one attached hydrogen (secondary N) is 1. The van der Waals surface area contributed by atoms with Gasteiger partial charge in [-0.25, -0.2) is 9.78 Å². The third-order valence-corrected chi connectivity index (χ3v) is 2.80.